The lowest BCUT2D eigenvalue weighted by Gasteiger charge is -2.45. The summed E-state index contributed by atoms with van der Waals surface area (Å²) in [6.07, 6.45) is 2.47. The lowest BCUT2D eigenvalue weighted by Crippen LogP contribution is -2.60. The highest BCUT2D eigenvalue weighted by molar-refractivity contribution is 5.92. The van der Waals surface area contributed by atoms with E-state index in [4.69, 9.17) is 4.74 Å². The summed E-state index contributed by atoms with van der Waals surface area (Å²) in [5.41, 5.74) is -0.612. The highest BCUT2D eigenvalue weighted by atomic mass is 16.6. The van der Waals surface area contributed by atoms with Crippen LogP contribution in [-0.4, -0.2) is 46.5 Å². The highest BCUT2D eigenvalue weighted by Crippen LogP contribution is 2.33. The van der Waals surface area contributed by atoms with Crippen molar-refractivity contribution in [3.05, 3.63) is 35.9 Å². The number of carbonyl (C=O) groups is 3. The number of carbonyl (C=O) groups excluding carboxylic acids is 3. The van der Waals surface area contributed by atoms with Crippen molar-refractivity contribution in [2.24, 2.45) is 5.92 Å². The average Bonchev–Trinajstić information content (AvgIpc) is 2.79. The number of nitrogens with one attached hydrogen (secondary N) is 2. The van der Waals surface area contributed by atoms with Gasteiger partial charge in [0.1, 0.15) is 17.7 Å². The topological polar surface area (TPSA) is 87.7 Å². The number of rotatable bonds is 12. The lowest BCUT2D eigenvalue weighted by atomic mass is 9.89. The van der Waals surface area contributed by atoms with Crippen molar-refractivity contribution >= 4 is 17.9 Å². The Morgan fingerprint density at radius 1 is 1.00 bits per heavy atom. The zero-order chi connectivity index (χ0) is 26.8. The quantitative estimate of drug-likeness (QED) is 0.374. The van der Waals surface area contributed by atoms with Crippen molar-refractivity contribution in [1.29, 1.82) is 0 Å². The van der Waals surface area contributed by atoms with Gasteiger partial charge in [-0.25, -0.2) is 4.79 Å². The van der Waals surface area contributed by atoms with Gasteiger partial charge < -0.3 is 20.3 Å². The predicted molar refractivity (Wildman–Crippen MR) is 141 cm³/mol. The van der Waals surface area contributed by atoms with Crippen molar-refractivity contribution in [2.75, 3.05) is 6.54 Å². The van der Waals surface area contributed by atoms with Gasteiger partial charge in [-0.15, -0.1) is 0 Å². The normalized spacial score (nSPS) is 14.4. The molecule has 0 saturated heterocycles. The number of ether oxygens (including phenoxy) is 1. The Hall–Kier alpha value is -2.57. The molecule has 0 radical (unpaired) electrons. The van der Waals surface area contributed by atoms with Gasteiger partial charge in [-0.1, -0.05) is 70.9 Å². The standard InChI is InChI=1S/C28H47N3O4/c1-10-13-19-29-24(32)23(21-17-15-14-16-18-21)31(28(8,9)12-3)25(33)22(20(4)11-2)30-26(34)35-27(5,6)7/h14-18,20,22-23H,10-13,19H2,1-9H3,(H,29,32)(H,30,34). The summed E-state index contributed by atoms with van der Waals surface area (Å²) in [6, 6.07) is 7.70. The second-order valence-corrected chi connectivity index (χ2v) is 10.8. The zero-order valence-corrected chi connectivity index (χ0v) is 23.2. The lowest BCUT2D eigenvalue weighted by molar-refractivity contribution is -0.150. The summed E-state index contributed by atoms with van der Waals surface area (Å²) in [4.78, 5) is 42.2. The molecule has 0 spiro atoms. The van der Waals surface area contributed by atoms with Crippen LogP contribution in [0.25, 0.3) is 0 Å². The van der Waals surface area contributed by atoms with Gasteiger partial charge in [-0.3, -0.25) is 9.59 Å². The van der Waals surface area contributed by atoms with Gasteiger partial charge in [-0.2, -0.15) is 0 Å². The van der Waals surface area contributed by atoms with Gasteiger partial charge in [0, 0.05) is 12.1 Å². The molecule has 7 nitrogen and oxygen atoms in total. The van der Waals surface area contributed by atoms with Crippen LogP contribution in [0.5, 0.6) is 0 Å². The van der Waals surface area contributed by atoms with Crippen molar-refractivity contribution in [1.82, 2.24) is 15.5 Å². The summed E-state index contributed by atoms with van der Waals surface area (Å²) in [7, 11) is 0. The van der Waals surface area contributed by atoms with Gasteiger partial charge in [0.15, 0.2) is 0 Å². The fourth-order valence-electron chi connectivity index (χ4n) is 3.75. The first-order chi connectivity index (χ1) is 16.3. The fourth-order valence-corrected chi connectivity index (χ4v) is 3.75. The number of alkyl carbamates (subject to hydrolysis) is 1. The smallest absolute Gasteiger partial charge is 0.408 e. The van der Waals surface area contributed by atoms with Crippen LogP contribution in [0.15, 0.2) is 30.3 Å². The number of hydrogen-bond donors (Lipinski definition) is 2. The first-order valence-corrected chi connectivity index (χ1v) is 12.9. The third-order valence-electron chi connectivity index (χ3n) is 6.36. The third-order valence-corrected chi connectivity index (χ3v) is 6.36. The van der Waals surface area contributed by atoms with E-state index in [2.05, 4.69) is 17.6 Å². The van der Waals surface area contributed by atoms with E-state index < -0.39 is 29.3 Å². The van der Waals surface area contributed by atoms with E-state index in [9.17, 15) is 14.4 Å². The zero-order valence-electron chi connectivity index (χ0n) is 23.2. The van der Waals surface area contributed by atoms with Gasteiger partial charge in [0.25, 0.3) is 0 Å². The Kier molecular flexibility index (Phi) is 11.7. The van der Waals surface area contributed by atoms with Crippen LogP contribution in [0.3, 0.4) is 0 Å². The second kappa shape index (κ2) is 13.5. The molecule has 198 valence electrons. The second-order valence-electron chi connectivity index (χ2n) is 10.8. The first-order valence-electron chi connectivity index (χ1n) is 12.9. The minimum absolute atomic E-state index is 0.162. The molecule has 0 aliphatic heterocycles. The van der Waals surface area contributed by atoms with Crippen molar-refractivity contribution in [3.63, 3.8) is 0 Å². The summed E-state index contributed by atoms with van der Waals surface area (Å²) in [6.45, 7) is 17.8. The van der Waals surface area contributed by atoms with Crippen LogP contribution in [0.1, 0.15) is 99.6 Å². The molecule has 0 aliphatic carbocycles. The van der Waals surface area contributed by atoms with E-state index in [1.165, 1.54) is 0 Å². The summed E-state index contributed by atoms with van der Waals surface area (Å²) in [5.74, 6) is -0.680. The monoisotopic (exact) mass is 489 g/mol. The summed E-state index contributed by atoms with van der Waals surface area (Å²) >= 11 is 0. The largest absolute Gasteiger partial charge is 0.444 e. The first kappa shape index (κ1) is 30.5. The van der Waals surface area contributed by atoms with Gasteiger partial charge in [0.05, 0.1) is 0 Å². The molecule has 35 heavy (non-hydrogen) atoms. The Balaban J connectivity index is 3.55. The highest BCUT2D eigenvalue weighted by Gasteiger charge is 2.44. The van der Waals surface area contributed by atoms with Crippen molar-refractivity contribution < 1.29 is 19.1 Å². The molecule has 0 fully saturated rings. The van der Waals surface area contributed by atoms with Crippen LogP contribution in [0.2, 0.25) is 0 Å². The molecular weight excluding hydrogens is 442 g/mol. The summed E-state index contributed by atoms with van der Waals surface area (Å²) < 4.78 is 5.46. The van der Waals surface area contributed by atoms with Crippen LogP contribution < -0.4 is 10.6 Å². The maximum absolute atomic E-state index is 14.3. The van der Waals surface area contributed by atoms with Gasteiger partial charge >= 0.3 is 6.09 Å². The molecule has 0 aromatic heterocycles. The maximum atomic E-state index is 14.3. The van der Waals surface area contributed by atoms with Gasteiger partial charge in [-0.05, 0) is 58.9 Å². The average molecular weight is 490 g/mol. The minimum Gasteiger partial charge on any atom is -0.444 e. The maximum Gasteiger partial charge on any atom is 0.408 e. The number of benzene rings is 1. The number of hydrogen-bond acceptors (Lipinski definition) is 4. The molecule has 0 saturated carbocycles. The summed E-state index contributed by atoms with van der Waals surface area (Å²) in [5, 5.41) is 5.84. The molecule has 2 N–H and O–H groups in total. The molecule has 0 bridgehead atoms. The third kappa shape index (κ3) is 9.19. The van der Waals surface area contributed by atoms with Crippen molar-refractivity contribution in [3.8, 4) is 0 Å². The molecule has 1 aromatic rings. The van der Waals surface area contributed by atoms with Crippen LogP contribution in [0.4, 0.5) is 4.79 Å². The van der Waals surface area contributed by atoms with E-state index in [-0.39, 0.29) is 17.7 Å². The molecule has 1 rings (SSSR count). The Labute approximate surface area is 212 Å². The Bertz CT molecular complexity index is 817. The van der Waals surface area contributed by atoms with E-state index in [0.717, 1.165) is 18.4 Å². The molecule has 7 heteroatoms. The van der Waals surface area contributed by atoms with E-state index in [0.29, 0.717) is 19.4 Å². The van der Waals surface area contributed by atoms with E-state index in [1.807, 2.05) is 65.0 Å². The van der Waals surface area contributed by atoms with Crippen LogP contribution in [-0.2, 0) is 14.3 Å². The molecule has 0 heterocycles. The number of amides is 3. The molecule has 3 unspecified atom stereocenters. The fraction of sp³-hybridized carbons (Fsp3) is 0.679. The number of unbranched alkanes of at least 4 members (excludes halogenated alkanes) is 1. The molecule has 3 amide bonds. The van der Waals surface area contributed by atoms with E-state index >= 15 is 0 Å². The van der Waals surface area contributed by atoms with Crippen LogP contribution in [0, 0.1) is 5.92 Å². The molecular formula is C28H47N3O4. The predicted octanol–water partition coefficient (Wildman–Crippen LogP) is 5.60. The Morgan fingerprint density at radius 3 is 2.09 bits per heavy atom. The minimum atomic E-state index is -0.838. The SMILES string of the molecule is CCCCNC(=O)C(c1ccccc1)N(C(=O)C(NC(=O)OC(C)(C)C)C(C)CC)C(C)(C)CC. The molecule has 3 atom stereocenters. The molecule has 1 aromatic carbocycles. The number of nitrogens with zero attached hydrogens (tertiary/aromatic N) is 1. The van der Waals surface area contributed by atoms with Crippen molar-refractivity contribution in [2.45, 2.75) is 111 Å². The van der Waals surface area contributed by atoms with Crippen LogP contribution >= 0.6 is 0 Å². The van der Waals surface area contributed by atoms with Gasteiger partial charge in [0.2, 0.25) is 11.8 Å². The molecule has 0 aliphatic rings. The van der Waals surface area contributed by atoms with E-state index in [1.54, 1.807) is 25.7 Å². The Morgan fingerprint density at radius 2 is 1.60 bits per heavy atom.